The van der Waals surface area contributed by atoms with E-state index in [9.17, 15) is 4.79 Å². The summed E-state index contributed by atoms with van der Waals surface area (Å²) >= 11 is 0. The Morgan fingerprint density at radius 1 is 1.12 bits per heavy atom. The van der Waals surface area contributed by atoms with Crippen molar-refractivity contribution in [3.63, 3.8) is 0 Å². The Balaban J connectivity index is 1.67. The van der Waals surface area contributed by atoms with Gasteiger partial charge in [0.15, 0.2) is 0 Å². The summed E-state index contributed by atoms with van der Waals surface area (Å²) in [6.07, 6.45) is 1.60. The number of aromatic nitrogens is 3. The molecular formula is C20H18N4O2. The predicted octanol–water partition coefficient (Wildman–Crippen LogP) is 3.56. The van der Waals surface area contributed by atoms with Gasteiger partial charge < -0.3 is 9.09 Å². The van der Waals surface area contributed by atoms with E-state index in [0.717, 1.165) is 11.0 Å². The van der Waals surface area contributed by atoms with Gasteiger partial charge in [-0.1, -0.05) is 41.6 Å². The van der Waals surface area contributed by atoms with Crippen molar-refractivity contribution in [3.05, 3.63) is 77.7 Å². The summed E-state index contributed by atoms with van der Waals surface area (Å²) in [6.45, 7) is 2.71. The standard InChI is InChI=1S/C20H18N4O2/c1-14-6-2-3-7-15(14)13-24-18-9-5-4-8-17(18)21-20(24)22-19(25)12-16-10-11-26-23-16/h2-11H,12-13H2,1H3,(H,21,22,25). The maximum absolute atomic E-state index is 12.4. The lowest BCUT2D eigenvalue weighted by Gasteiger charge is -2.12. The highest BCUT2D eigenvalue weighted by atomic mass is 16.5. The third-order valence-electron chi connectivity index (χ3n) is 4.33. The molecule has 2 aromatic carbocycles. The van der Waals surface area contributed by atoms with Crippen LogP contribution in [0.5, 0.6) is 0 Å². The minimum absolute atomic E-state index is 0.143. The molecule has 0 radical (unpaired) electrons. The van der Waals surface area contributed by atoms with Crippen LogP contribution in [0.2, 0.25) is 0 Å². The van der Waals surface area contributed by atoms with Gasteiger partial charge in [0.25, 0.3) is 0 Å². The van der Waals surface area contributed by atoms with Gasteiger partial charge in [-0.15, -0.1) is 0 Å². The first-order valence-corrected chi connectivity index (χ1v) is 8.39. The van der Waals surface area contributed by atoms with Gasteiger partial charge in [-0.05, 0) is 30.2 Å². The molecule has 6 heteroatoms. The highest BCUT2D eigenvalue weighted by Crippen LogP contribution is 2.22. The molecule has 2 heterocycles. The van der Waals surface area contributed by atoms with Crippen molar-refractivity contribution < 1.29 is 9.32 Å². The normalized spacial score (nSPS) is 11.0. The second kappa shape index (κ2) is 6.84. The third kappa shape index (κ3) is 3.21. The van der Waals surface area contributed by atoms with Crippen molar-refractivity contribution in [1.29, 1.82) is 0 Å². The number of fused-ring (bicyclic) bond motifs is 1. The van der Waals surface area contributed by atoms with E-state index in [4.69, 9.17) is 4.52 Å². The van der Waals surface area contributed by atoms with Crippen LogP contribution in [-0.2, 0) is 17.8 Å². The number of carbonyl (C=O) groups is 1. The average molecular weight is 346 g/mol. The van der Waals surface area contributed by atoms with E-state index >= 15 is 0 Å². The second-order valence-electron chi connectivity index (χ2n) is 6.15. The van der Waals surface area contributed by atoms with Crippen LogP contribution in [0.4, 0.5) is 5.95 Å². The first-order chi connectivity index (χ1) is 12.7. The van der Waals surface area contributed by atoms with Crippen molar-refractivity contribution in [2.75, 3.05) is 5.32 Å². The Bertz CT molecular complexity index is 1050. The smallest absolute Gasteiger partial charge is 0.232 e. The van der Waals surface area contributed by atoms with Crippen LogP contribution >= 0.6 is 0 Å². The van der Waals surface area contributed by atoms with Gasteiger partial charge in [-0.25, -0.2) is 4.98 Å². The van der Waals surface area contributed by atoms with Crippen LogP contribution in [0.15, 0.2) is 65.4 Å². The molecule has 1 N–H and O–H groups in total. The lowest BCUT2D eigenvalue weighted by Crippen LogP contribution is -2.18. The monoisotopic (exact) mass is 346 g/mol. The second-order valence-corrected chi connectivity index (χ2v) is 6.15. The van der Waals surface area contributed by atoms with E-state index in [0.29, 0.717) is 18.2 Å². The molecule has 6 nitrogen and oxygen atoms in total. The van der Waals surface area contributed by atoms with Crippen LogP contribution < -0.4 is 5.32 Å². The Hall–Kier alpha value is -3.41. The van der Waals surface area contributed by atoms with Gasteiger partial charge in [0.05, 0.1) is 29.7 Å². The van der Waals surface area contributed by atoms with Crippen molar-refractivity contribution in [2.24, 2.45) is 0 Å². The number of para-hydroxylation sites is 2. The van der Waals surface area contributed by atoms with Crippen LogP contribution in [0.3, 0.4) is 0 Å². The summed E-state index contributed by atoms with van der Waals surface area (Å²) in [5, 5.41) is 6.69. The topological polar surface area (TPSA) is 73.0 Å². The predicted molar refractivity (Wildman–Crippen MR) is 98.9 cm³/mol. The summed E-state index contributed by atoms with van der Waals surface area (Å²) < 4.78 is 6.80. The van der Waals surface area contributed by atoms with E-state index < -0.39 is 0 Å². The zero-order valence-corrected chi connectivity index (χ0v) is 14.3. The van der Waals surface area contributed by atoms with Crippen LogP contribution in [0.1, 0.15) is 16.8 Å². The maximum atomic E-state index is 12.4. The quantitative estimate of drug-likeness (QED) is 0.600. The van der Waals surface area contributed by atoms with E-state index in [1.165, 1.54) is 17.4 Å². The number of amides is 1. The summed E-state index contributed by atoms with van der Waals surface area (Å²) in [4.78, 5) is 17.0. The summed E-state index contributed by atoms with van der Waals surface area (Å²) in [6, 6.07) is 17.7. The summed E-state index contributed by atoms with van der Waals surface area (Å²) in [7, 11) is 0. The first kappa shape index (κ1) is 16.1. The molecule has 4 aromatic rings. The number of hydrogen-bond donors (Lipinski definition) is 1. The fraction of sp³-hybridized carbons (Fsp3) is 0.150. The molecular weight excluding hydrogens is 328 g/mol. The SMILES string of the molecule is Cc1ccccc1Cn1c(NC(=O)Cc2ccon2)nc2ccccc21. The molecule has 26 heavy (non-hydrogen) atoms. The van der Waals surface area contributed by atoms with Gasteiger partial charge in [0.2, 0.25) is 11.9 Å². The highest BCUT2D eigenvalue weighted by molar-refractivity contribution is 5.92. The lowest BCUT2D eigenvalue weighted by atomic mass is 10.1. The molecule has 0 unspecified atom stereocenters. The number of nitrogens with one attached hydrogen (secondary N) is 1. The van der Waals surface area contributed by atoms with Gasteiger partial charge in [0.1, 0.15) is 6.26 Å². The van der Waals surface area contributed by atoms with Gasteiger partial charge in [-0.3, -0.25) is 10.1 Å². The molecule has 2 aromatic heterocycles. The van der Waals surface area contributed by atoms with Crippen LogP contribution in [0.25, 0.3) is 11.0 Å². The van der Waals surface area contributed by atoms with Crippen LogP contribution in [-0.4, -0.2) is 20.6 Å². The summed E-state index contributed by atoms with van der Waals surface area (Å²) in [5.74, 6) is 0.350. The number of anilines is 1. The van der Waals surface area contributed by atoms with Crippen LogP contribution in [0, 0.1) is 6.92 Å². The number of aryl methyl sites for hydroxylation is 1. The summed E-state index contributed by atoms with van der Waals surface area (Å²) in [5.41, 5.74) is 4.79. The molecule has 0 saturated carbocycles. The third-order valence-corrected chi connectivity index (χ3v) is 4.33. The highest BCUT2D eigenvalue weighted by Gasteiger charge is 2.15. The Labute approximate surface area is 150 Å². The molecule has 0 fully saturated rings. The molecule has 0 aliphatic heterocycles. The largest absolute Gasteiger partial charge is 0.364 e. The molecule has 4 rings (SSSR count). The zero-order valence-electron chi connectivity index (χ0n) is 14.3. The molecule has 130 valence electrons. The molecule has 0 aliphatic carbocycles. The minimum atomic E-state index is -0.180. The maximum Gasteiger partial charge on any atom is 0.232 e. The fourth-order valence-corrected chi connectivity index (χ4v) is 2.95. The number of carbonyl (C=O) groups excluding carboxylic acids is 1. The van der Waals surface area contributed by atoms with Crippen molar-refractivity contribution in [3.8, 4) is 0 Å². The first-order valence-electron chi connectivity index (χ1n) is 8.39. The number of imidazole rings is 1. The molecule has 1 amide bonds. The Kier molecular flexibility index (Phi) is 4.23. The number of benzene rings is 2. The van der Waals surface area contributed by atoms with Crippen molar-refractivity contribution in [1.82, 2.24) is 14.7 Å². The molecule has 0 atom stereocenters. The van der Waals surface area contributed by atoms with Gasteiger partial charge >= 0.3 is 0 Å². The Morgan fingerprint density at radius 3 is 2.73 bits per heavy atom. The molecule has 0 bridgehead atoms. The van der Waals surface area contributed by atoms with Crippen molar-refractivity contribution in [2.45, 2.75) is 19.9 Å². The molecule has 0 saturated heterocycles. The molecule has 0 aliphatic rings. The molecule has 0 spiro atoms. The van der Waals surface area contributed by atoms with E-state index in [-0.39, 0.29) is 12.3 Å². The van der Waals surface area contributed by atoms with Crippen molar-refractivity contribution >= 4 is 22.9 Å². The lowest BCUT2D eigenvalue weighted by molar-refractivity contribution is -0.115. The zero-order chi connectivity index (χ0) is 17.9. The number of nitrogens with zero attached hydrogens (tertiary/aromatic N) is 3. The fourth-order valence-electron chi connectivity index (χ4n) is 2.95. The minimum Gasteiger partial charge on any atom is -0.364 e. The average Bonchev–Trinajstić information content (AvgIpc) is 3.25. The van der Waals surface area contributed by atoms with Gasteiger partial charge in [-0.2, -0.15) is 0 Å². The van der Waals surface area contributed by atoms with E-state index in [1.54, 1.807) is 6.07 Å². The van der Waals surface area contributed by atoms with Gasteiger partial charge in [0, 0.05) is 6.07 Å². The van der Waals surface area contributed by atoms with E-state index in [1.807, 2.05) is 41.0 Å². The number of rotatable bonds is 5. The number of hydrogen-bond acceptors (Lipinski definition) is 4. The van der Waals surface area contributed by atoms with E-state index in [2.05, 4.69) is 34.5 Å². The Morgan fingerprint density at radius 2 is 1.92 bits per heavy atom.